The number of hydrogen-bond donors (Lipinski definition) is 2. The average Bonchev–Trinajstić information content (AvgIpc) is 2.88. The van der Waals surface area contributed by atoms with E-state index in [2.05, 4.69) is 48.8 Å². The van der Waals surface area contributed by atoms with Crippen LogP contribution in [0.3, 0.4) is 0 Å². The molecule has 36 heavy (non-hydrogen) atoms. The Balaban J connectivity index is 3.22. The molecule has 3 heteroatoms. The summed E-state index contributed by atoms with van der Waals surface area (Å²) >= 11 is 0. The summed E-state index contributed by atoms with van der Waals surface area (Å²) in [4.78, 5) is 11.9. The van der Waals surface area contributed by atoms with Gasteiger partial charge in [-0.1, -0.05) is 128 Å². The molecule has 3 nitrogen and oxygen atoms in total. The lowest BCUT2D eigenvalue weighted by Crippen LogP contribution is -2.36. The molecule has 0 rings (SSSR count). The molecule has 0 aromatic heterocycles. The Morgan fingerprint density at radius 1 is 0.417 bits per heavy atom. The Morgan fingerprint density at radius 2 is 0.694 bits per heavy atom. The van der Waals surface area contributed by atoms with E-state index in [0.29, 0.717) is 0 Å². The number of amides is 2. The molecule has 0 spiro atoms. The number of urea groups is 1. The second-order valence-electron chi connectivity index (χ2n) is 10.6. The second kappa shape index (κ2) is 31.8. The molecule has 2 N–H and O–H groups in total. The summed E-state index contributed by atoms with van der Waals surface area (Å²) in [5, 5.41) is 6.02. The van der Waals surface area contributed by atoms with Crippen LogP contribution < -0.4 is 10.6 Å². The highest BCUT2D eigenvalue weighted by atomic mass is 16.2. The third-order valence-electron chi connectivity index (χ3n) is 6.95. The molecule has 0 aromatic carbocycles. The van der Waals surface area contributed by atoms with Crippen LogP contribution in [0.1, 0.15) is 168 Å². The van der Waals surface area contributed by atoms with E-state index >= 15 is 0 Å². The molecular weight excluding hydrogens is 440 g/mol. The number of unbranched alkanes of at least 4 members (excludes halogenated alkanes) is 20. The zero-order valence-corrected chi connectivity index (χ0v) is 24.6. The summed E-state index contributed by atoms with van der Waals surface area (Å²) in [6, 6.07) is 0.0120. The van der Waals surface area contributed by atoms with Gasteiger partial charge >= 0.3 is 6.03 Å². The van der Waals surface area contributed by atoms with Crippen molar-refractivity contribution in [2.45, 2.75) is 168 Å². The van der Waals surface area contributed by atoms with Crippen molar-refractivity contribution in [3.8, 4) is 0 Å². The number of allylic oxidation sites excluding steroid dienone is 4. The van der Waals surface area contributed by atoms with E-state index in [1.54, 1.807) is 0 Å². The molecule has 0 fully saturated rings. The number of carbonyl (C=O) groups is 1. The Bertz CT molecular complexity index is 444. The fourth-order valence-electron chi connectivity index (χ4n) is 4.50. The highest BCUT2D eigenvalue weighted by Gasteiger charge is 1.99. The lowest BCUT2D eigenvalue weighted by molar-refractivity contribution is 0.240. The highest BCUT2D eigenvalue weighted by molar-refractivity contribution is 5.73. The van der Waals surface area contributed by atoms with Gasteiger partial charge in [0.05, 0.1) is 0 Å². The maximum atomic E-state index is 11.9. The Kier molecular flexibility index (Phi) is 30.7. The summed E-state index contributed by atoms with van der Waals surface area (Å²) in [5.74, 6) is 0. The summed E-state index contributed by atoms with van der Waals surface area (Å²) in [6.07, 6.45) is 40.6. The molecular formula is C33H64N2O. The molecule has 212 valence electrons. The van der Waals surface area contributed by atoms with Crippen molar-refractivity contribution in [2.75, 3.05) is 13.1 Å². The molecule has 0 atom stereocenters. The van der Waals surface area contributed by atoms with Crippen LogP contribution in [0.2, 0.25) is 0 Å². The smallest absolute Gasteiger partial charge is 0.314 e. The Hall–Kier alpha value is -1.25. The van der Waals surface area contributed by atoms with Gasteiger partial charge in [-0.15, -0.1) is 0 Å². The van der Waals surface area contributed by atoms with Crippen LogP contribution in [0.15, 0.2) is 24.3 Å². The normalized spacial score (nSPS) is 11.6. The van der Waals surface area contributed by atoms with Crippen molar-refractivity contribution in [2.24, 2.45) is 0 Å². The van der Waals surface area contributed by atoms with Gasteiger partial charge in [0.25, 0.3) is 0 Å². The molecule has 0 aliphatic heterocycles. The van der Waals surface area contributed by atoms with Crippen molar-refractivity contribution in [1.29, 1.82) is 0 Å². The second-order valence-corrected chi connectivity index (χ2v) is 10.6. The molecule has 0 heterocycles. The number of nitrogens with one attached hydrogen (secondary N) is 2. The lowest BCUT2D eigenvalue weighted by atomic mass is 10.1. The fraction of sp³-hybridized carbons (Fsp3) is 0.848. The van der Waals surface area contributed by atoms with Gasteiger partial charge in [-0.05, 0) is 64.2 Å². The monoisotopic (exact) mass is 505 g/mol. The van der Waals surface area contributed by atoms with Gasteiger partial charge in [-0.2, -0.15) is 0 Å². The van der Waals surface area contributed by atoms with Gasteiger partial charge in [0.15, 0.2) is 0 Å². The summed E-state index contributed by atoms with van der Waals surface area (Å²) < 4.78 is 0. The van der Waals surface area contributed by atoms with Crippen LogP contribution in [0, 0.1) is 0 Å². The van der Waals surface area contributed by atoms with E-state index in [1.165, 1.54) is 141 Å². The van der Waals surface area contributed by atoms with Crippen molar-refractivity contribution in [3.05, 3.63) is 24.3 Å². The van der Waals surface area contributed by atoms with Crippen molar-refractivity contribution >= 4 is 6.03 Å². The predicted octanol–water partition coefficient (Wildman–Crippen LogP) is 10.8. The van der Waals surface area contributed by atoms with Crippen LogP contribution in [0.25, 0.3) is 0 Å². The minimum atomic E-state index is 0.0120. The minimum absolute atomic E-state index is 0.0120. The molecule has 0 saturated heterocycles. The maximum Gasteiger partial charge on any atom is 0.314 e. The molecule has 2 amide bonds. The van der Waals surface area contributed by atoms with E-state index in [9.17, 15) is 4.79 Å². The van der Waals surface area contributed by atoms with Gasteiger partial charge in [0.2, 0.25) is 0 Å². The van der Waals surface area contributed by atoms with E-state index < -0.39 is 0 Å². The minimum Gasteiger partial charge on any atom is -0.338 e. The summed E-state index contributed by atoms with van der Waals surface area (Å²) in [7, 11) is 0. The van der Waals surface area contributed by atoms with Gasteiger partial charge in [-0.25, -0.2) is 4.79 Å². The Labute approximate surface area is 226 Å². The van der Waals surface area contributed by atoms with Gasteiger partial charge in [0, 0.05) is 13.1 Å². The third kappa shape index (κ3) is 30.8. The number of rotatable bonds is 28. The molecule has 0 saturated carbocycles. The lowest BCUT2D eigenvalue weighted by Gasteiger charge is -2.07. The van der Waals surface area contributed by atoms with E-state index in [1.807, 2.05) is 0 Å². The summed E-state index contributed by atoms with van der Waals surface area (Å²) in [5.41, 5.74) is 0. The standard InChI is InChI=1S/C33H64N2O/c1-3-5-7-9-11-13-15-17-19-21-23-25-27-29-31-34-33(36)35-32-30-28-26-24-22-20-18-16-14-12-10-8-6-4-2/h13-16H,3-12,17-32H2,1-2H3,(H2,34,35,36). The maximum absolute atomic E-state index is 11.9. The zero-order valence-electron chi connectivity index (χ0n) is 24.6. The fourth-order valence-corrected chi connectivity index (χ4v) is 4.50. The first-order chi connectivity index (χ1) is 17.8. The number of carbonyl (C=O) groups excluding carboxylic acids is 1. The SMILES string of the molecule is CCCCCCC=CCCCCCCCCNC(=O)NCCCCCCCCC=CCCCCCC. The van der Waals surface area contributed by atoms with Crippen molar-refractivity contribution in [3.63, 3.8) is 0 Å². The first-order valence-electron chi connectivity index (χ1n) is 16.1. The molecule has 0 radical (unpaired) electrons. The van der Waals surface area contributed by atoms with Gasteiger partial charge < -0.3 is 10.6 Å². The van der Waals surface area contributed by atoms with E-state index in [-0.39, 0.29) is 6.03 Å². The molecule has 0 bridgehead atoms. The van der Waals surface area contributed by atoms with Gasteiger partial charge in [-0.3, -0.25) is 0 Å². The quantitative estimate of drug-likeness (QED) is 0.0807. The molecule has 0 aromatic rings. The first kappa shape index (κ1) is 34.8. The van der Waals surface area contributed by atoms with Crippen molar-refractivity contribution < 1.29 is 4.79 Å². The van der Waals surface area contributed by atoms with Crippen LogP contribution in [-0.4, -0.2) is 19.1 Å². The van der Waals surface area contributed by atoms with Crippen LogP contribution in [-0.2, 0) is 0 Å². The highest BCUT2D eigenvalue weighted by Crippen LogP contribution is 2.10. The first-order valence-corrected chi connectivity index (χ1v) is 16.1. The van der Waals surface area contributed by atoms with E-state index in [4.69, 9.17) is 0 Å². The average molecular weight is 505 g/mol. The van der Waals surface area contributed by atoms with Crippen LogP contribution in [0.4, 0.5) is 4.79 Å². The molecule has 0 unspecified atom stereocenters. The predicted molar refractivity (Wildman–Crippen MR) is 162 cm³/mol. The number of hydrogen-bond acceptors (Lipinski definition) is 1. The molecule has 0 aliphatic carbocycles. The largest absolute Gasteiger partial charge is 0.338 e. The topological polar surface area (TPSA) is 41.1 Å². The third-order valence-corrected chi connectivity index (χ3v) is 6.95. The molecule has 0 aliphatic rings. The Morgan fingerprint density at radius 3 is 1.03 bits per heavy atom. The van der Waals surface area contributed by atoms with E-state index in [0.717, 1.165) is 25.9 Å². The van der Waals surface area contributed by atoms with Crippen molar-refractivity contribution in [1.82, 2.24) is 10.6 Å². The van der Waals surface area contributed by atoms with Crippen LogP contribution >= 0.6 is 0 Å². The van der Waals surface area contributed by atoms with Gasteiger partial charge in [0.1, 0.15) is 0 Å². The zero-order chi connectivity index (χ0) is 26.2. The van der Waals surface area contributed by atoms with Crippen LogP contribution in [0.5, 0.6) is 0 Å². The summed E-state index contributed by atoms with van der Waals surface area (Å²) in [6.45, 7) is 6.15.